The van der Waals surface area contributed by atoms with Crippen LogP contribution in [0.4, 0.5) is 4.39 Å². The number of halogens is 1. The van der Waals surface area contributed by atoms with Gasteiger partial charge in [0, 0.05) is 6.54 Å². The first kappa shape index (κ1) is 15.9. The third-order valence-electron chi connectivity index (χ3n) is 2.28. The van der Waals surface area contributed by atoms with Crippen molar-refractivity contribution in [3.05, 3.63) is 41.7 Å². The van der Waals surface area contributed by atoms with Crippen molar-refractivity contribution in [1.29, 1.82) is 0 Å². The quantitative estimate of drug-likeness (QED) is 0.769. The summed E-state index contributed by atoms with van der Waals surface area (Å²) in [6, 6.07) is 6.70. The number of benzene rings is 1. The molecule has 0 aromatic heterocycles. The van der Waals surface area contributed by atoms with Crippen molar-refractivity contribution in [1.82, 2.24) is 5.32 Å². The number of rotatable bonds is 1. The van der Waals surface area contributed by atoms with E-state index < -0.39 is 0 Å². The zero-order chi connectivity index (χ0) is 13.1. The summed E-state index contributed by atoms with van der Waals surface area (Å²) in [4.78, 5) is 0. The Morgan fingerprint density at radius 2 is 1.59 bits per heavy atom. The van der Waals surface area contributed by atoms with Crippen LogP contribution in [0, 0.1) is 5.82 Å². The number of hydrogen-bond donors (Lipinski definition) is 1. The van der Waals surface area contributed by atoms with Gasteiger partial charge in [0.25, 0.3) is 0 Å². The van der Waals surface area contributed by atoms with Gasteiger partial charge in [-0.2, -0.15) is 0 Å². The lowest BCUT2D eigenvalue weighted by atomic mass is 10.0. The molecule has 0 bridgehead atoms. The fraction of sp³-hybridized carbons (Fsp3) is 0.467. The van der Waals surface area contributed by atoms with Crippen molar-refractivity contribution in [2.45, 2.75) is 34.1 Å². The minimum atomic E-state index is -0.168. The zero-order valence-corrected chi connectivity index (χ0v) is 11.4. The second kappa shape index (κ2) is 10.0. The molecule has 0 aliphatic carbocycles. The van der Waals surface area contributed by atoms with Crippen LogP contribution in [0.15, 0.2) is 30.3 Å². The first-order chi connectivity index (χ1) is 8.36. The summed E-state index contributed by atoms with van der Waals surface area (Å²) in [6.45, 7) is 9.94. The second-order valence-corrected chi connectivity index (χ2v) is 3.19. The van der Waals surface area contributed by atoms with E-state index in [0.717, 1.165) is 25.1 Å². The van der Waals surface area contributed by atoms with Crippen LogP contribution in [-0.4, -0.2) is 13.1 Å². The van der Waals surface area contributed by atoms with Gasteiger partial charge in [-0.3, -0.25) is 0 Å². The molecule has 0 fully saturated rings. The molecular weight excluding hydrogens is 213 g/mol. The Bertz CT molecular complexity index is 314. The smallest absolute Gasteiger partial charge is 0.123 e. The first-order valence-corrected chi connectivity index (χ1v) is 6.52. The van der Waals surface area contributed by atoms with E-state index in [2.05, 4.69) is 11.4 Å². The highest BCUT2D eigenvalue weighted by atomic mass is 19.1. The first-order valence-electron chi connectivity index (χ1n) is 6.52. The highest BCUT2D eigenvalue weighted by molar-refractivity contribution is 5.66. The molecule has 1 N–H and O–H groups in total. The molecule has 96 valence electrons. The summed E-state index contributed by atoms with van der Waals surface area (Å²) < 4.78 is 12.6. The Hall–Kier alpha value is -1.15. The minimum Gasteiger partial charge on any atom is -0.313 e. The summed E-state index contributed by atoms with van der Waals surface area (Å²) in [5.74, 6) is -0.168. The van der Waals surface area contributed by atoms with Crippen LogP contribution in [0.2, 0.25) is 0 Å². The SMILES string of the molecule is CC.CC.Fc1ccc(C2=CCNCC2)cc1. The zero-order valence-electron chi connectivity index (χ0n) is 11.4. The Balaban J connectivity index is 0.000000581. The molecule has 0 spiro atoms. The molecule has 1 aromatic carbocycles. The van der Waals surface area contributed by atoms with Gasteiger partial charge >= 0.3 is 0 Å². The molecule has 0 saturated carbocycles. The largest absolute Gasteiger partial charge is 0.313 e. The molecule has 0 saturated heterocycles. The highest BCUT2D eigenvalue weighted by Crippen LogP contribution is 2.19. The Kier molecular flexibility index (Phi) is 9.35. The van der Waals surface area contributed by atoms with Crippen LogP contribution in [0.3, 0.4) is 0 Å². The lowest BCUT2D eigenvalue weighted by molar-refractivity contribution is 0.627. The molecule has 2 rings (SSSR count). The lowest BCUT2D eigenvalue weighted by Gasteiger charge is -2.13. The highest BCUT2D eigenvalue weighted by Gasteiger charge is 2.04. The van der Waals surface area contributed by atoms with Gasteiger partial charge in [0.2, 0.25) is 0 Å². The number of nitrogens with one attached hydrogen (secondary N) is 1. The topological polar surface area (TPSA) is 12.0 Å². The standard InChI is InChI=1S/C11H12FN.2C2H6/c12-11-3-1-9(2-4-11)10-5-7-13-8-6-10;2*1-2/h1-5,13H,6-8H2;2*1-2H3. The molecule has 1 nitrogen and oxygen atoms in total. The Labute approximate surface area is 105 Å². The normalized spacial score (nSPS) is 13.6. The third-order valence-corrected chi connectivity index (χ3v) is 2.28. The van der Waals surface area contributed by atoms with E-state index >= 15 is 0 Å². The maximum absolute atomic E-state index is 12.6. The predicted molar refractivity (Wildman–Crippen MR) is 74.6 cm³/mol. The van der Waals surface area contributed by atoms with E-state index in [9.17, 15) is 4.39 Å². The molecule has 0 unspecified atom stereocenters. The fourth-order valence-electron chi connectivity index (χ4n) is 1.55. The van der Waals surface area contributed by atoms with Crippen LogP contribution < -0.4 is 5.32 Å². The van der Waals surface area contributed by atoms with E-state index in [1.54, 1.807) is 0 Å². The fourth-order valence-corrected chi connectivity index (χ4v) is 1.55. The van der Waals surface area contributed by atoms with Crippen LogP contribution in [0.5, 0.6) is 0 Å². The second-order valence-electron chi connectivity index (χ2n) is 3.19. The maximum Gasteiger partial charge on any atom is 0.123 e. The van der Waals surface area contributed by atoms with Crippen LogP contribution in [0.1, 0.15) is 39.7 Å². The molecular formula is C15H24FN. The summed E-state index contributed by atoms with van der Waals surface area (Å²) >= 11 is 0. The monoisotopic (exact) mass is 237 g/mol. The van der Waals surface area contributed by atoms with Crippen LogP contribution in [-0.2, 0) is 0 Å². The van der Waals surface area contributed by atoms with Crippen molar-refractivity contribution in [3.63, 3.8) is 0 Å². The summed E-state index contributed by atoms with van der Waals surface area (Å²) in [5.41, 5.74) is 2.46. The van der Waals surface area contributed by atoms with E-state index in [0.29, 0.717) is 0 Å². The van der Waals surface area contributed by atoms with Crippen molar-refractivity contribution >= 4 is 5.57 Å². The third kappa shape index (κ3) is 5.64. The average Bonchev–Trinajstić information content (AvgIpc) is 2.45. The molecule has 0 amide bonds. The molecule has 17 heavy (non-hydrogen) atoms. The predicted octanol–water partition coefficient (Wildman–Crippen LogP) is 4.25. The van der Waals surface area contributed by atoms with Gasteiger partial charge in [-0.25, -0.2) is 4.39 Å². The lowest BCUT2D eigenvalue weighted by Crippen LogP contribution is -2.19. The van der Waals surface area contributed by atoms with E-state index in [1.807, 2.05) is 39.8 Å². The minimum absolute atomic E-state index is 0.168. The molecule has 0 atom stereocenters. The number of hydrogen-bond acceptors (Lipinski definition) is 1. The van der Waals surface area contributed by atoms with Gasteiger partial charge < -0.3 is 5.32 Å². The molecule has 2 heteroatoms. The van der Waals surface area contributed by atoms with Crippen molar-refractivity contribution < 1.29 is 4.39 Å². The van der Waals surface area contributed by atoms with E-state index in [-0.39, 0.29) is 5.82 Å². The van der Waals surface area contributed by atoms with Crippen molar-refractivity contribution in [3.8, 4) is 0 Å². The molecule has 1 heterocycles. The maximum atomic E-state index is 12.6. The summed E-state index contributed by atoms with van der Waals surface area (Å²) in [6.07, 6.45) is 3.20. The van der Waals surface area contributed by atoms with Gasteiger partial charge in [-0.15, -0.1) is 0 Å². The van der Waals surface area contributed by atoms with Gasteiger partial charge in [0.05, 0.1) is 0 Å². The van der Waals surface area contributed by atoms with Crippen LogP contribution >= 0.6 is 0 Å². The van der Waals surface area contributed by atoms with E-state index in [4.69, 9.17) is 0 Å². The molecule has 1 aliphatic heterocycles. The molecule has 1 aliphatic rings. The Morgan fingerprint density at radius 3 is 2.06 bits per heavy atom. The summed E-state index contributed by atoms with van der Waals surface area (Å²) in [7, 11) is 0. The Morgan fingerprint density at radius 1 is 1.00 bits per heavy atom. The van der Waals surface area contributed by atoms with Gasteiger partial charge in [0.1, 0.15) is 5.82 Å². The van der Waals surface area contributed by atoms with Crippen molar-refractivity contribution in [2.75, 3.05) is 13.1 Å². The van der Waals surface area contributed by atoms with E-state index in [1.165, 1.54) is 17.7 Å². The molecule has 1 aromatic rings. The van der Waals surface area contributed by atoms with Gasteiger partial charge in [-0.05, 0) is 36.2 Å². The summed E-state index contributed by atoms with van der Waals surface area (Å²) in [5, 5.41) is 3.25. The van der Waals surface area contributed by atoms with Gasteiger partial charge in [0.15, 0.2) is 0 Å². The van der Waals surface area contributed by atoms with Crippen LogP contribution in [0.25, 0.3) is 5.57 Å². The molecule has 0 radical (unpaired) electrons. The average molecular weight is 237 g/mol. The van der Waals surface area contributed by atoms with Crippen molar-refractivity contribution in [2.24, 2.45) is 0 Å². The van der Waals surface area contributed by atoms with Gasteiger partial charge in [-0.1, -0.05) is 45.9 Å².